The van der Waals surface area contributed by atoms with Gasteiger partial charge in [0.2, 0.25) is 5.91 Å². The van der Waals surface area contributed by atoms with Crippen LogP contribution in [0, 0.1) is 0 Å². The van der Waals surface area contributed by atoms with Gasteiger partial charge in [-0.05, 0) is 6.42 Å². The van der Waals surface area contributed by atoms with E-state index in [2.05, 4.69) is 15.5 Å². The molecule has 106 valence electrons. The third kappa shape index (κ3) is 7.92. The molecular formula is C12H25N3O2S. The minimum Gasteiger partial charge on any atom is -0.385 e. The summed E-state index contributed by atoms with van der Waals surface area (Å²) in [5.74, 6) is 2.54. The Balaban J connectivity index is 1.88. The summed E-state index contributed by atoms with van der Waals surface area (Å²) in [5, 5.41) is 6.04. The third-order valence-corrected chi connectivity index (χ3v) is 3.78. The Bertz CT molecular complexity index is 223. The number of carbonyl (C=O) groups is 1. The van der Waals surface area contributed by atoms with Crippen LogP contribution < -0.4 is 10.6 Å². The number of carbonyl (C=O) groups excluding carboxylic acids is 1. The first kappa shape index (κ1) is 15.8. The molecule has 0 radical (unpaired) electrons. The first-order chi connectivity index (χ1) is 8.83. The Labute approximate surface area is 114 Å². The summed E-state index contributed by atoms with van der Waals surface area (Å²) >= 11 is 2.02. The zero-order valence-corrected chi connectivity index (χ0v) is 12.1. The Morgan fingerprint density at radius 3 is 2.83 bits per heavy atom. The average molecular weight is 275 g/mol. The third-order valence-electron chi connectivity index (χ3n) is 2.84. The van der Waals surface area contributed by atoms with Crippen LogP contribution in [0.3, 0.4) is 0 Å². The van der Waals surface area contributed by atoms with Crippen molar-refractivity contribution in [3.63, 3.8) is 0 Å². The summed E-state index contributed by atoms with van der Waals surface area (Å²) in [7, 11) is 1.67. The molecule has 6 heteroatoms. The second-order valence-electron chi connectivity index (χ2n) is 4.33. The second kappa shape index (κ2) is 10.6. The molecule has 0 spiro atoms. The van der Waals surface area contributed by atoms with Crippen LogP contribution in [-0.2, 0) is 9.53 Å². The van der Waals surface area contributed by atoms with Gasteiger partial charge in [-0.15, -0.1) is 0 Å². The topological polar surface area (TPSA) is 53.6 Å². The number of nitrogens with zero attached hydrogens (tertiary/aromatic N) is 1. The fraction of sp³-hybridized carbons (Fsp3) is 0.917. The molecule has 1 saturated heterocycles. The lowest BCUT2D eigenvalue weighted by atomic mass is 10.4. The highest BCUT2D eigenvalue weighted by molar-refractivity contribution is 7.99. The molecule has 5 nitrogen and oxygen atoms in total. The number of amides is 1. The number of methoxy groups -OCH3 is 1. The molecule has 0 saturated carbocycles. The van der Waals surface area contributed by atoms with Crippen LogP contribution >= 0.6 is 11.8 Å². The van der Waals surface area contributed by atoms with Gasteiger partial charge in [-0.2, -0.15) is 11.8 Å². The number of nitrogens with one attached hydrogen (secondary N) is 2. The molecule has 0 aromatic heterocycles. The van der Waals surface area contributed by atoms with Crippen molar-refractivity contribution in [3.05, 3.63) is 0 Å². The van der Waals surface area contributed by atoms with Crippen molar-refractivity contribution in [2.24, 2.45) is 0 Å². The van der Waals surface area contributed by atoms with Crippen molar-refractivity contribution in [3.8, 4) is 0 Å². The minimum atomic E-state index is 0.0697. The molecule has 0 unspecified atom stereocenters. The molecule has 0 bridgehead atoms. The molecule has 0 aromatic carbocycles. The Hall–Kier alpha value is -0.300. The van der Waals surface area contributed by atoms with E-state index in [1.807, 2.05) is 11.8 Å². The van der Waals surface area contributed by atoms with Gasteiger partial charge in [0.25, 0.3) is 0 Å². The van der Waals surface area contributed by atoms with E-state index in [1.165, 1.54) is 24.6 Å². The number of hydrogen-bond acceptors (Lipinski definition) is 5. The molecule has 18 heavy (non-hydrogen) atoms. The maximum Gasteiger partial charge on any atom is 0.233 e. The number of rotatable bonds is 9. The normalized spacial score (nSPS) is 16.7. The van der Waals surface area contributed by atoms with E-state index in [1.54, 1.807) is 7.11 Å². The largest absolute Gasteiger partial charge is 0.385 e. The number of ether oxygens (including phenoxy) is 1. The van der Waals surface area contributed by atoms with Crippen LogP contribution in [0.4, 0.5) is 0 Å². The van der Waals surface area contributed by atoms with E-state index >= 15 is 0 Å². The van der Waals surface area contributed by atoms with E-state index in [0.717, 1.165) is 19.5 Å². The summed E-state index contributed by atoms with van der Waals surface area (Å²) in [6.45, 7) is 6.08. The minimum absolute atomic E-state index is 0.0697. The lowest BCUT2D eigenvalue weighted by Gasteiger charge is -2.25. The summed E-state index contributed by atoms with van der Waals surface area (Å²) < 4.78 is 4.92. The molecule has 1 fully saturated rings. The van der Waals surface area contributed by atoms with Crippen LogP contribution in [0.1, 0.15) is 6.42 Å². The van der Waals surface area contributed by atoms with Gasteiger partial charge in [0.1, 0.15) is 0 Å². The number of hydrogen-bond donors (Lipinski definition) is 2. The van der Waals surface area contributed by atoms with Crippen LogP contribution in [0.15, 0.2) is 0 Å². The zero-order chi connectivity index (χ0) is 13.1. The fourth-order valence-electron chi connectivity index (χ4n) is 1.77. The van der Waals surface area contributed by atoms with Gasteiger partial charge < -0.3 is 20.3 Å². The lowest BCUT2D eigenvalue weighted by molar-refractivity contribution is -0.120. The lowest BCUT2D eigenvalue weighted by Crippen LogP contribution is -2.40. The molecule has 0 atom stereocenters. The summed E-state index contributed by atoms with van der Waals surface area (Å²) in [4.78, 5) is 13.9. The molecule has 1 aliphatic heterocycles. The summed E-state index contributed by atoms with van der Waals surface area (Å²) in [6, 6.07) is 0. The van der Waals surface area contributed by atoms with Gasteiger partial charge in [0.05, 0.1) is 6.54 Å². The molecule has 1 rings (SSSR count). The second-order valence-corrected chi connectivity index (χ2v) is 5.55. The van der Waals surface area contributed by atoms with E-state index in [-0.39, 0.29) is 5.91 Å². The van der Waals surface area contributed by atoms with E-state index in [4.69, 9.17) is 4.74 Å². The predicted octanol–water partition coefficient (Wildman–Crippen LogP) is -0.222. The van der Waals surface area contributed by atoms with Crippen LogP contribution in [0.2, 0.25) is 0 Å². The van der Waals surface area contributed by atoms with Gasteiger partial charge in [-0.3, -0.25) is 4.79 Å². The van der Waals surface area contributed by atoms with Crippen LogP contribution in [0.25, 0.3) is 0 Å². The number of thioether (sulfide) groups is 1. The quantitative estimate of drug-likeness (QED) is 0.570. The Morgan fingerprint density at radius 2 is 2.11 bits per heavy atom. The van der Waals surface area contributed by atoms with Gasteiger partial charge in [-0.25, -0.2) is 0 Å². The van der Waals surface area contributed by atoms with Crippen molar-refractivity contribution >= 4 is 17.7 Å². The molecule has 0 aromatic rings. The van der Waals surface area contributed by atoms with Gasteiger partial charge in [0.15, 0.2) is 0 Å². The van der Waals surface area contributed by atoms with E-state index in [0.29, 0.717) is 19.7 Å². The summed E-state index contributed by atoms with van der Waals surface area (Å²) in [5.41, 5.74) is 0. The van der Waals surface area contributed by atoms with Gasteiger partial charge in [0, 0.05) is 57.9 Å². The molecule has 0 aliphatic carbocycles. The molecule has 1 heterocycles. The van der Waals surface area contributed by atoms with Crippen molar-refractivity contribution in [2.45, 2.75) is 6.42 Å². The fourth-order valence-corrected chi connectivity index (χ4v) is 2.75. The predicted molar refractivity (Wildman–Crippen MR) is 76.1 cm³/mol. The van der Waals surface area contributed by atoms with Crippen molar-refractivity contribution < 1.29 is 9.53 Å². The first-order valence-electron chi connectivity index (χ1n) is 6.59. The molecule has 2 N–H and O–H groups in total. The summed E-state index contributed by atoms with van der Waals surface area (Å²) in [6.07, 6.45) is 0.869. The van der Waals surface area contributed by atoms with Crippen molar-refractivity contribution in [1.82, 2.24) is 15.5 Å². The maximum absolute atomic E-state index is 11.4. The zero-order valence-electron chi connectivity index (χ0n) is 11.2. The Morgan fingerprint density at radius 1 is 1.33 bits per heavy atom. The van der Waals surface area contributed by atoms with Gasteiger partial charge >= 0.3 is 0 Å². The monoisotopic (exact) mass is 275 g/mol. The smallest absolute Gasteiger partial charge is 0.233 e. The first-order valence-corrected chi connectivity index (χ1v) is 7.75. The molecular weight excluding hydrogens is 250 g/mol. The maximum atomic E-state index is 11.4. The van der Waals surface area contributed by atoms with Crippen molar-refractivity contribution in [2.75, 3.05) is 64.5 Å². The highest BCUT2D eigenvalue weighted by atomic mass is 32.2. The van der Waals surface area contributed by atoms with Crippen molar-refractivity contribution in [1.29, 1.82) is 0 Å². The van der Waals surface area contributed by atoms with E-state index < -0.39 is 0 Å². The highest BCUT2D eigenvalue weighted by Gasteiger charge is 2.09. The van der Waals surface area contributed by atoms with Crippen LogP contribution in [-0.4, -0.2) is 75.3 Å². The SMILES string of the molecule is COCCCNC(=O)CNCCN1CCSCC1. The average Bonchev–Trinajstić information content (AvgIpc) is 2.41. The van der Waals surface area contributed by atoms with Gasteiger partial charge in [-0.1, -0.05) is 0 Å². The molecule has 1 aliphatic rings. The Kier molecular flexibility index (Phi) is 9.28. The standard InChI is InChI=1S/C12H25N3O2S/c1-17-8-2-3-14-12(16)11-13-4-5-15-6-9-18-10-7-15/h13H,2-11H2,1H3,(H,14,16). The molecule has 1 amide bonds. The highest BCUT2D eigenvalue weighted by Crippen LogP contribution is 2.07. The van der Waals surface area contributed by atoms with E-state index in [9.17, 15) is 4.79 Å². The van der Waals surface area contributed by atoms with Crippen LogP contribution in [0.5, 0.6) is 0 Å².